The van der Waals surface area contributed by atoms with Crippen molar-refractivity contribution in [3.63, 3.8) is 0 Å². The number of thioether (sulfide) groups is 1. The van der Waals surface area contributed by atoms with Crippen LogP contribution in [-0.4, -0.2) is 50.0 Å². The van der Waals surface area contributed by atoms with Crippen molar-refractivity contribution in [2.24, 2.45) is 7.05 Å². The quantitative estimate of drug-likeness (QED) is 0.522. The van der Waals surface area contributed by atoms with Crippen molar-refractivity contribution in [2.75, 3.05) is 17.7 Å². The van der Waals surface area contributed by atoms with Crippen molar-refractivity contribution in [1.29, 1.82) is 0 Å². The molecule has 9 nitrogen and oxygen atoms in total. The zero-order chi connectivity index (χ0) is 21.4. The number of nitrogens with zero attached hydrogens (tertiary/aromatic N) is 4. The highest BCUT2D eigenvalue weighted by atomic mass is 32.2. The summed E-state index contributed by atoms with van der Waals surface area (Å²) in [6.45, 7) is 10.4. The zero-order valence-corrected chi connectivity index (χ0v) is 19.1. The van der Waals surface area contributed by atoms with Crippen molar-refractivity contribution in [2.45, 2.75) is 57.3 Å². The Bertz CT molecular complexity index is 934. The van der Waals surface area contributed by atoms with E-state index >= 15 is 0 Å². The molecule has 0 bridgehead atoms. The Morgan fingerprint density at radius 2 is 2.07 bits per heavy atom. The first-order chi connectivity index (χ1) is 13.5. The summed E-state index contributed by atoms with van der Waals surface area (Å²) in [5.41, 5.74) is 0.898. The smallest absolute Gasteiger partial charge is 0.341 e. The van der Waals surface area contributed by atoms with Crippen molar-refractivity contribution < 1.29 is 14.3 Å². The summed E-state index contributed by atoms with van der Waals surface area (Å²) >= 11 is 2.66. The van der Waals surface area contributed by atoms with Gasteiger partial charge < -0.3 is 15.4 Å². The summed E-state index contributed by atoms with van der Waals surface area (Å²) in [7, 11) is 1.71. The Kier molecular flexibility index (Phi) is 6.02. The number of amides is 1. The lowest BCUT2D eigenvalue weighted by atomic mass is 9.81. The number of carbonyl (C=O) groups is 2. The van der Waals surface area contributed by atoms with Crippen LogP contribution in [0.25, 0.3) is 0 Å². The van der Waals surface area contributed by atoms with Gasteiger partial charge in [0, 0.05) is 23.0 Å². The molecule has 2 N–H and O–H groups in total. The molecule has 29 heavy (non-hydrogen) atoms. The molecule has 0 fully saturated rings. The summed E-state index contributed by atoms with van der Waals surface area (Å²) in [5, 5.41) is 18.8. The van der Waals surface area contributed by atoms with Crippen molar-refractivity contribution in [1.82, 2.24) is 25.5 Å². The molecule has 1 aliphatic rings. The van der Waals surface area contributed by atoms with Crippen LogP contribution in [0.15, 0.2) is 5.16 Å². The number of carbonyl (C=O) groups excluding carboxylic acids is 2. The average Bonchev–Trinajstić information content (AvgIpc) is 3.15. The number of aryl methyl sites for hydroxylation is 1. The molecule has 158 valence electrons. The third-order valence-electron chi connectivity index (χ3n) is 4.49. The van der Waals surface area contributed by atoms with E-state index in [-0.39, 0.29) is 29.3 Å². The standard InChI is InChI=1S/C18H26N6O3S2/c1-7-27-15(26)12-10-8-17(2,3)21-18(4,5)13(10)29-14(12)19-11(25)9-28-16-20-22-23-24(16)6/h21H,7-9H2,1-6H3,(H,19,25). The second-order valence-electron chi connectivity index (χ2n) is 8.07. The van der Waals surface area contributed by atoms with Crippen LogP contribution < -0.4 is 10.6 Å². The molecule has 0 aliphatic carbocycles. The van der Waals surface area contributed by atoms with Gasteiger partial charge in [0.15, 0.2) is 0 Å². The number of tetrazole rings is 1. The summed E-state index contributed by atoms with van der Waals surface area (Å²) in [5.74, 6) is -0.502. The Balaban J connectivity index is 1.90. The van der Waals surface area contributed by atoms with E-state index in [2.05, 4.69) is 53.9 Å². The number of hydrogen-bond donors (Lipinski definition) is 2. The lowest BCUT2D eigenvalue weighted by Gasteiger charge is -2.42. The Hall–Kier alpha value is -1.98. The lowest BCUT2D eigenvalue weighted by Crippen LogP contribution is -2.55. The summed E-state index contributed by atoms with van der Waals surface area (Å²) < 4.78 is 6.81. The van der Waals surface area contributed by atoms with Gasteiger partial charge in [-0.3, -0.25) is 4.79 Å². The third-order valence-corrected chi connectivity index (χ3v) is 6.97. The van der Waals surface area contributed by atoms with Crippen LogP contribution in [0.4, 0.5) is 5.00 Å². The minimum atomic E-state index is -0.404. The molecule has 1 aliphatic heterocycles. The summed E-state index contributed by atoms with van der Waals surface area (Å²) in [6, 6.07) is 0. The third kappa shape index (κ3) is 4.62. The number of thiophene rings is 1. The molecule has 1 amide bonds. The zero-order valence-electron chi connectivity index (χ0n) is 17.5. The molecule has 0 aromatic carbocycles. The predicted octanol–water partition coefficient (Wildman–Crippen LogP) is 2.34. The van der Waals surface area contributed by atoms with Crippen LogP contribution in [-0.2, 0) is 28.5 Å². The lowest BCUT2D eigenvalue weighted by molar-refractivity contribution is -0.113. The minimum Gasteiger partial charge on any atom is -0.462 e. The molecular formula is C18H26N6O3S2. The molecule has 0 saturated heterocycles. The molecule has 0 atom stereocenters. The highest BCUT2D eigenvalue weighted by Crippen LogP contribution is 2.45. The number of anilines is 1. The number of fused-ring (bicyclic) bond motifs is 1. The van der Waals surface area contributed by atoms with Crippen LogP contribution in [0.2, 0.25) is 0 Å². The Morgan fingerprint density at radius 3 is 2.69 bits per heavy atom. The van der Waals surface area contributed by atoms with Crippen LogP contribution in [0.1, 0.15) is 55.4 Å². The van der Waals surface area contributed by atoms with Crippen LogP contribution in [0.5, 0.6) is 0 Å². The molecule has 3 heterocycles. The van der Waals surface area contributed by atoms with E-state index in [1.165, 1.54) is 27.8 Å². The monoisotopic (exact) mass is 438 g/mol. The topological polar surface area (TPSA) is 111 Å². The van der Waals surface area contributed by atoms with Gasteiger partial charge in [0.05, 0.1) is 17.9 Å². The number of aromatic nitrogens is 4. The SMILES string of the molecule is CCOC(=O)c1c(NC(=O)CSc2nnnn2C)sc2c1CC(C)(C)NC2(C)C. The maximum atomic E-state index is 12.8. The first kappa shape index (κ1) is 21.7. The fraction of sp³-hybridized carbons (Fsp3) is 0.611. The first-order valence-electron chi connectivity index (χ1n) is 9.31. The molecule has 0 radical (unpaired) electrons. The number of hydrogen-bond acceptors (Lipinski definition) is 9. The van der Waals surface area contributed by atoms with Gasteiger partial charge in [0.2, 0.25) is 11.1 Å². The van der Waals surface area contributed by atoms with Gasteiger partial charge in [-0.1, -0.05) is 11.8 Å². The van der Waals surface area contributed by atoms with Gasteiger partial charge in [0.1, 0.15) is 5.00 Å². The fourth-order valence-electron chi connectivity index (χ4n) is 3.67. The molecule has 2 aromatic rings. The largest absolute Gasteiger partial charge is 0.462 e. The highest BCUT2D eigenvalue weighted by Gasteiger charge is 2.42. The minimum absolute atomic E-state index is 0.131. The maximum Gasteiger partial charge on any atom is 0.341 e. The summed E-state index contributed by atoms with van der Waals surface area (Å²) in [4.78, 5) is 26.4. The van der Waals surface area contributed by atoms with Crippen LogP contribution in [0.3, 0.4) is 0 Å². The molecular weight excluding hydrogens is 412 g/mol. The predicted molar refractivity (Wildman–Crippen MR) is 112 cm³/mol. The summed E-state index contributed by atoms with van der Waals surface area (Å²) in [6.07, 6.45) is 0.672. The molecule has 0 saturated carbocycles. The van der Waals surface area contributed by atoms with Gasteiger partial charge in [-0.05, 0) is 57.0 Å². The Morgan fingerprint density at radius 1 is 1.34 bits per heavy atom. The first-order valence-corrected chi connectivity index (χ1v) is 11.1. The normalized spacial score (nSPS) is 16.9. The van der Waals surface area contributed by atoms with Crippen molar-refractivity contribution in [3.05, 3.63) is 16.0 Å². The number of esters is 1. The van der Waals surface area contributed by atoms with Crippen molar-refractivity contribution >= 4 is 40.0 Å². The van der Waals surface area contributed by atoms with Crippen LogP contribution >= 0.6 is 23.1 Å². The van der Waals surface area contributed by atoms with E-state index in [1.54, 1.807) is 14.0 Å². The molecule has 0 unspecified atom stereocenters. The van der Waals surface area contributed by atoms with Crippen molar-refractivity contribution in [3.8, 4) is 0 Å². The Labute approximate surface area is 178 Å². The van der Waals surface area contributed by atoms with E-state index in [9.17, 15) is 9.59 Å². The number of nitrogens with one attached hydrogen (secondary N) is 2. The number of ether oxygens (including phenoxy) is 1. The van der Waals surface area contributed by atoms with E-state index in [4.69, 9.17) is 4.74 Å². The fourth-order valence-corrected chi connectivity index (χ4v) is 5.60. The molecule has 3 rings (SSSR count). The van der Waals surface area contributed by atoms with E-state index in [0.29, 0.717) is 22.1 Å². The second kappa shape index (κ2) is 8.04. The van der Waals surface area contributed by atoms with Gasteiger partial charge in [-0.15, -0.1) is 16.4 Å². The van der Waals surface area contributed by atoms with Gasteiger partial charge in [-0.2, -0.15) is 0 Å². The average molecular weight is 439 g/mol. The second-order valence-corrected chi connectivity index (χ2v) is 10.0. The van der Waals surface area contributed by atoms with Gasteiger partial charge >= 0.3 is 5.97 Å². The highest BCUT2D eigenvalue weighted by molar-refractivity contribution is 7.99. The molecule has 0 spiro atoms. The maximum absolute atomic E-state index is 12.8. The number of rotatable bonds is 6. The van der Waals surface area contributed by atoms with Crippen LogP contribution in [0, 0.1) is 0 Å². The van der Waals surface area contributed by atoms with E-state index < -0.39 is 5.97 Å². The van der Waals surface area contributed by atoms with Gasteiger partial charge in [0.25, 0.3) is 0 Å². The van der Waals surface area contributed by atoms with Gasteiger partial charge in [-0.25, -0.2) is 9.48 Å². The molecule has 11 heteroatoms. The van der Waals surface area contributed by atoms with E-state index in [0.717, 1.165) is 10.4 Å². The molecule has 2 aromatic heterocycles. The van der Waals surface area contributed by atoms with E-state index in [1.807, 2.05) is 0 Å².